The number of carbonyl (C=O) groups is 1. The molecule has 0 bridgehead atoms. The molecule has 0 spiro atoms. The predicted molar refractivity (Wildman–Crippen MR) is 133 cm³/mol. The number of ether oxygens (including phenoxy) is 2. The van der Waals surface area contributed by atoms with Crippen LogP contribution in [0.4, 0.5) is 17.1 Å². The number of anilines is 3. The second-order valence-electron chi connectivity index (χ2n) is 7.67. The molecule has 178 valence electrons. The van der Waals surface area contributed by atoms with E-state index < -0.39 is 10.0 Å². The van der Waals surface area contributed by atoms with Crippen molar-refractivity contribution in [2.24, 2.45) is 0 Å². The zero-order chi connectivity index (χ0) is 24.1. The lowest BCUT2D eigenvalue weighted by Crippen LogP contribution is -2.21. The summed E-state index contributed by atoms with van der Waals surface area (Å²) >= 11 is 0. The minimum atomic E-state index is -3.89. The first kappa shape index (κ1) is 23.4. The van der Waals surface area contributed by atoms with Crippen LogP contribution in [0.1, 0.15) is 24.2 Å². The van der Waals surface area contributed by atoms with Crippen LogP contribution in [-0.4, -0.2) is 40.6 Å². The fourth-order valence-electron chi connectivity index (χ4n) is 3.68. The minimum absolute atomic E-state index is 0.0416. The predicted octanol–water partition coefficient (Wildman–Crippen LogP) is 4.36. The molecule has 1 aliphatic rings. The zero-order valence-electron chi connectivity index (χ0n) is 19.1. The first-order valence-electron chi connectivity index (χ1n) is 11.1. The number of nitrogens with one attached hydrogen (secondary N) is 2. The van der Waals surface area contributed by atoms with Crippen LogP contribution in [0.3, 0.4) is 0 Å². The van der Waals surface area contributed by atoms with Crippen molar-refractivity contribution in [1.29, 1.82) is 0 Å². The van der Waals surface area contributed by atoms with Crippen molar-refractivity contribution >= 4 is 33.0 Å². The lowest BCUT2D eigenvalue weighted by molar-refractivity contribution is 0.102. The fourth-order valence-corrected chi connectivity index (χ4v) is 4.74. The van der Waals surface area contributed by atoms with Crippen molar-refractivity contribution in [3.8, 4) is 11.5 Å². The van der Waals surface area contributed by atoms with Crippen molar-refractivity contribution in [3.63, 3.8) is 0 Å². The highest BCUT2D eigenvalue weighted by atomic mass is 32.2. The highest BCUT2D eigenvalue weighted by Gasteiger charge is 2.20. The van der Waals surface area contributed by atoms with Gasteiger partial charge in [0.05, 0.1) is 4.90 Å². The maximum Gasteiger partial charge on any atom is 0.262 e. The molecule has 0 fully saturated rings. The molecule has 0 radical (unpaired) electrons. The molecule has 9 heteroatoms. The molecule has 1 heterocycles. The Labute approximate surface area is 199 Å². The van der Waals surface area contributed by atoms with E-state index in [-0.39, 0.29) is 16.5 Å². The molecule has 0 aromatic heterocycles. The molecule has 3 aromatic rings. The number of hydrogen-bond donors (Lipinski definition) is 2. The Balaban J connectivity index is 1.46. The second-order valence-corrected chi connectivity index (χ2v) is 9.35. The summed E-state index contributed by atoms with van der Waals surface area (Å²) in [7, 11) is -3.89. The molecule has 2 N–H and O–H groups in total. The van der Waals surface area contributed by atoms with Gasteiger partial charge < -0.3 is 19.7 Å². The van der Waals surface area contributed by atoms with Crippen molar-refractivity contribution in [3.05, 3.63) is 72.3 Å². The molecule has 1 amide bonds. The smallest absolute Gasteiger partial charge is 0.262 e. The van der Waals surface area contributed by atoms with E-state index in [1.165, 1.54) is 18.2 Å². The number of fused-ring (bicyclic) bond motifs is 1. The highest BCUT2D eigenvalue weighted by Crippen LogP contribution is 2.32. The van der Waals surface area contributed by atoms with Crippen LogP contribution in [0.15, 0.2) is 71.6 Å². The molecule has 0 aliphatic carbocycles. The van der Waals surface area contributed by atoms with Gasteiger partial charge in [-0.05, 0) is 68.4 Å². The molecule has 0 atom stereocenters. The van der Waals surface area contributed by atoms with Gasteiger partial charge in [-0.1, -0.05) is 6.07 Å². The van der Waals surface area contributed by atoms with Crippen LogP contribution < -0.4 is 24.4 Å². The summed E-state index contributed by atoms with van der Waals surface area (Å²) in [6.07, 6.45) is 0. The van der Waals surface area contributed by atoms with Gasteiger partial charge in [-0.15, -0.1) is 0 Å². The van der Waals surface area contributed by atoms with Crippen LogP contribution >= 0.6 is 0 Å². The SMILES string of the molecule is CCN(CC)c1ccc(NC(=O)c2cccc(NS(=O)(=O)c3ccc4c(c3)OCCO4)c2)cc1. The first-order chi connectivity index (χ1) is 16.4. The minimum Gasteiger partial charge on any atom is -0.486 e. The van der Waals surface area contributed by atoms with E-state index in [4.69, 9.17) is 9.47 Å². The Morgan fingerprint density at radius 2 is 1.59 bits per heavy atom. The van der Waals surface area contributed by atoms with Gasteiger partial charge in [-0.25, -0.2) is 8.42 Å². The Kier molecular flexibility index (Phi) is 6.93. The number of sulfonamides is 1. The van der Waals surface area contributed by atoms with E-state index in [0.29, 0.717) is 36.0 Å². The van der Waals surface area contributed by atoms with Crippen molar-refractivity contribution in [1.82, 2.24) is 0 Å². The molecule has 3 aromatic carbocycles. The number of benzene rings is 3. The van der Waals surface area contributed by atoms with Crippen LogP contribution in [0.2, 0.25) is 0 Å². The van der Waals surface area contributed by atoms with Crippen LogP contribution in [0.25, 0.3) is 0 Å². The second kappa shape index (κ2) is 10.0. The van der Waals surface area contributed by atoms with E-state index in [0.717, 1.165) is 18.8 Å². The maximum atomic E-state index is 12.9. The van der Waals surface area contributed by atoms with Gasteiger partial charge in [0.15, 0.2) is 11.5 Å². The van der Waals surface area contributed by atoms with E-state index >= 15 is 0 Å². The van der Waals surface area contributed by atoms with Crippen molar-refractivity contribution in [2.45, 2.75) is 18.7 Å². The summed E-state index contributed by atoms with van der Waals surface area (Å²) in [5.41, 5.74) is 2.34. The molecule has 0 unspecified atom stereocenters. The molecular weight excluding hydrogens is 454 g/mol. The monoisotopic (exact) mass is 481 g/mol. The van der Waals surface area contributed by atoms with Gasteiger partial charge in [0.2, 0.25) is 0 Å². The molecule has 0 saturated heterocycles. The molecule has 4 rings (SSSR count). The molecule has 34 heavy (non-hydrogen) atoms. The summed E-state index contributed by atoms with van der Waals surface area (Å²) in [6, 6.07) is 18.4. The molecule has 0 saturated carbocycles. The van der Waals surface area contributed by atoms with Gasteiger partial charge in [-0.2, -0.15) is 0 Å². The summed E-state index contributed by atoms with van der Waals surface area (Å²) in [6.45, 7) is 6.77. The van der Waals surface area contributed by atoms with Crippen molar-refractivity contribution < 1.29 is 22.7 Å². The lowest BCUT2D eigenvalue weighted by atomic mass is 10.2. The molecule has 8 nitrogen and oxygen atoms in total. The molecular formula is C25H27N3O5S. The van der Waals surface area contributed by atoms with Gasteiger partial charge in [-0.3, -0.25) is 9.52 Å². The number of nitrogens with zero attached hydrogens (tertiary/aromatic N) is 1. The summed E-state index contributed by atoms with van der Waals surface area (Å²) in [5, 5.41) is 2.85. The maximum absolute atomic E-state index is 12.9. The lowest BCUT2D eigenvalue weighted by Gasteiger charge is -2.21. The van der Waals surface area contributed by atoms with Gasteiger partial charge in [0.25, 0.3) is 15.9 Å². The van der Waals surface area contributed by atoms with E-state index in [1.807, 2.05) is 24.3 Å². The Morgan fingerprint density at radius 1 is 0.882 bits per heavy atom. The average molecular weight is 482 g/mol. The topological polar surface area (TPSA) is 97.0 Å². The Bertz CT molecular complexity index is 1270. The standard InChI is InChI=1S/C25H27N3O5S/c1-3-28(4-2)21-10-8-19(9-11-21)26-25(29)18-6-5-7-20(16-18)27-34(30,31)22-12-13-23-24(17-22)33-15-14-32-23/h5-13,16-17,27H,3-4,14-15H2,1-2H3,(H,26,29). The van der Waals surface area contributed by atoms with Gasteiger partial charge >= 0.3 is 0 Å². The fraction of sp³-hybridized carbons (Fsp3) is 0.240. The van der Waals surface area contributed by atoms with Gasteiger partial charge in [0.1, 0.15) is 13.2 Å². The van der Waals surface area contributed by atoms with E-state index in [2.05, 4.69) is 28.8 Å². The van der Waals surface area contributed by atoms with Crippen LogP contribution in [-0.2, 0) is 10.0 Å². The number of hydrogen-bond acceptors (Lipinski definition) is 6. The zero-order valence-corrected chi connectivity index (χ0v) is 19.9. The average Bonchev–Trinajstić information content (AvgIpc) is 2.85. The number of carbonyl (C=O) groups excluding carboxylic acids is 1. The van der Waals surface area contributed by atoms with Crippen LogP contribution in [0.5, 0.6) is 11.5 Å². The van der Waals surface area contributed by atoms with E-state index in [1.54, 1.807) is 24.3 Å². The first-order valence-corrected chi connectivity index (χ1v) is 12.6. The van der Waals surface area contributed by atoms with Crippen molar-refractivity contribution in [2.75, 3.05) is 41.2 Å². The third-order valence-electron chi connectivity index (χ3n) is 5.45. The third kappa shape index (κ3) is 5.26. The number of amides is 1. The normalized spacial score (nSPS) is 12.6. The summed E-state index contributed by atoms with van der Waals surface area (Å²) in [5.74, 6) is 0.555. The Morgan fingerprint density at radius 3 is 2.29 bits per heavy atom. The third-order valence-corrected chi connectivity index (χ3v) is 6.83. The summed E-state index contributed by atoms with van der Waals surface area (Å²) < 4.78 is 39.2. The quantitative estimate of drug-likeness (QED) is 0.496. The molecule has 1 aliphatic heterocycles. The van der Waals surface area contributed by atoms with E-state index in [9.17, 15) is 13.2 Å². The largest absolute Gasteiger partial charge is 0.486 e. The Hall–Kier alpha value is -3.72. The number of rotatable bonds is 8. The highest BCUT2D eigenvalue weighted by molar-refractivity contribution is 7.92. The van der Waals surface area contributed by atoms with Gasteiger partial charge in [0, 0.05) is 41.8 Å². The van der Waals surface area contributed by atoms with Crippen LogP contribution in [0, 0.1) is 0 Å². The summed E-state index contributed by atoms with van der Waals surface area (Å²) in [4.78, 5) is 15.0.